The summed E-state index contributed by atoms with van der Waals surface area (Å²) in [6.07, 6.45) is -0.424. The van der Waals surface area contributed by atoms with E-state index in [1.165, 1.54) is 6.07 Å². The normalized spacial score (nSPS) is 10.2. The maximum Gasteiger partial charge on any atom is 0.307 e. The first-order chi connectivity index (χ1) is 8.58. The summed E-state index contributed by atoms with van der Waals surface area (Å²) in [5.41, 5.74) is 0.0299. The number of hydrogen-bond acceptors (Lipinski definition) is 4. The van der Waals surface area contributed by atoms with Crippen LogP contribution in [0.4, 0.5) is 4.39 Å². The molecule has 0 radical (unpaired) electrons. The molecule has 0 saturated carbocycles. The lowest BCUT2D eigenvalue weighted by molar-refractivity contribution is -0.136. The standard InChI is InChI=1S/C12H15FO5/c1-2-17-10-5-8(6-12(15)16)9(13)7-11(10)18-4-3-14/h5,7,14H,2-4,6H2,1H3,(H,15,16). The van der Waals surface area contributed by atoms with Gasteiger partial charge in [-0.2, -0.15) is 0 Å². The Morgan fingerprint density at radius 1 is 1.33 bits per heavy atom. The molecule has 0 aliphatic heterocycles. The molecule has 0 aliphatic carbocycles. The molecule has 0 atom stereocenters. The molecule has 0 unspecified atom stereocenters. The van der Waals surface area contributed by atoms with Crippen molar-refractivity contribution < 1.29 is 28.9 Å². The number of aliphatic hydroxyl groups excluding tert-OH is 1. The van der Waals surface area contributed by atoms with Crippen molar-refractivity contribution in [2.45, 2.75) is 13.3 Å². The minimum Gasteiger partial charge on any atom is -0.490 e. The van der Waals surface area contributed by atoms with Gasteiger partial charge in [0.1, 0.15) is 12.4 Å². The third kappa shape index (κ3) is 3.89. The van der Waals surface area contributed by atoms with E-state index in [4.69, 9.17) is 19.7 Å². The summed E-state index contributed by atoms with van der Waals surface area (Å²) in [5.74, 6) is -1.38. The molecule has 1 aromatic rings. The van der Waals surface area contributed by atoms with Crippen molar-refractivity contribution in [2.24, 2.45) is 0 Å². The number of carboxylic acid groups (broad SMARTS) is 1. The number of carboxylic acids is 1. The first-order valence-corrected chi connectivity index (χ1v) is 5.49. The molecule has 100 valence electrons. The van der Waals surface area contributed by atoms with Crippen LogP contribution in [0.2, 0.25) is 0 Å². The third-order valence-electron chi connectivity index (χ3n) is 2.10. The molecule has 0 heterocycles. The van der Waals surface area contributed by atoms with Crippen LogP contribution in [0.3, 0.4) is 0 Å². The highest BCUT2D eigenvalue weighted by atomic mass is 19.1. The molecule has 0 aliphatic rings. The van der Waals surface area contributed by atoms with E-state index in [-0.39, 0.29) is 30.3 Å². The number of rotatable bonds is 7. The van der Waals surface area contributed by atoms with Crippen molar-refractivity contribution in [2.75, 3.05) is 19.8 Å². The Bertz CT molecular complexity index is 419. The summed E-state index contributed by atoms with van der Waals surface area (Å²) >= 11 is 0. The molecule has 6 heteroatoms. The Morgan fingerprint density at radius 2 is 2.00 bits per heavy atom. The summed E-state index contributed by atoms with van der Waals surface area (Å²) in [7, 11) is 0. The predicted octanol–water partition coefficient (Wildman–Crippen LogP) is 1.22. The molecular formula is C12H15FO5. The van der Waals surface area contributed by atoms with Crippen molar-refractivity contribution >= 4 is 5.97 Å². The van der Waals surface area contributed by atoms with Crippen molar-refractivity contribution in [3.63, 3.8) is 0 Å². The molecule has 0 saturated heterocycles. The van der Waals surface area contributed by atoms with Crippen LogP contribution in [0.1, 0.15) is 12.5 Å². The molecule has 2 N–H and O–H groups in total. The van der Waals surface area contributed by atoms with Gasteiger partial charge in [0, 0.05) is 11.6 Å². The molecule has 0 amide bonds. The zero-order valence-corrected chi connectivity index (χ0v) is 9.98. The van der Waals surface area contributed by atoms with Crippen LogP contribution < -0.4 is 9.47 Å². The Hall–Kier alpha value is -1.82. The fraction of sp³-hybridized carbons (Fsp3) is 0.417. The summed E-state index contributed by atoms with van der Waals surface area (Å²) in [6.45, 7) is 1.89. The average molecular weight is 258 g/mol. The van der Waals surface area contributed by atoms with Crippen LogP contribution in [-0.2, 0) is 11.2 Å². The van der Waals surface area contributed by atoms with Gasteiger partial charge in [-0.25, -0.2) is 4.39 Å². The van der Waals surface area contributed by atoms with Gasteiger partial charge in [-0.05, 0) is 13.0 Å². The van der Waals surface area contributed by atoms with Gasteiger partial charge in [0.15, 0.2) is 11.5 Å². The zero-order chi connectivity index (χ0) is 13.5. The monoisotopic (exact) mass is 258 g/mol. The van der Waals surface area contributed by atoms with Crippen LogP contribution in [0, 0.1) is 5.82 Å². The Labute approximate surface area is 104 Å². The van der Waals surface area contributed by atoms with E-state index in [9.17, 15) is 9.18 Å². The maximum absolute atomic E-state index is 13.6. The number of aliphatic hydroxyl groups is 1. The zero-order valence-electron chi connectivity index (χ0n) is 9.98. The van der Waals surface area contributed by atoms with Gasteiger partial charge in [-0.3, -0.25) is 4.79 Å². The predicted molar refractivity (Wildman–Crippen MR) is 61.5 cm³/mol. The lowest BCUT2D eigenvalue weighted by Gasteiger charge is -2.13. The molecule has 5 nitrogen and oxygen atoms in total. The number of hydrogen-bond donors (Lipinski definition) is 2. The summed E-state index contributed by atoms with van der Waals surface area (Å²) in [5, 5.41) is 17.3. The molecule has 18 heavy (non-hydrogen) atoms. The second-order valence-electron chi connectivity index (χ2n) is 3.47. The Kier molecular flexibility index (Phi) is 5.38. The molecule has 1 aromatic carbocycles. The Balaban J connectivity index is 3.03. The number of benzene rings is 1. The first-order valence-electron chi connectivity index (χ1n) is 5.49. The van der Waals surface area contributed by atoms with Crippen LogP contribution in [0.15, 0.2) is 12.1 Å². The van der Waals surface area contributed by atoms with Crippen LogP contribution >= 0.6 is 0 Å². The second-order valence-corrected chi connectivity index (χ2v) is 3.47. The second kappa shape index (κ2) is 6.80. The van der Waals surface area contributed by atoms with E-state index in [1.807, 2.05) is 0 Å². The molecule has 0 bridgehead atoms. The molecule has 0 aromatic heterocycles. The maximum atomic E-state index is 13.6. The summed E-state index contributed by atoms with van der Waals surface area (Å²) in [6, 6.07) is 2.37. The van der Waals surface area contributed by atoms with Crippen LogP contribution in [0.25, 0.3) is 0 Å². The van der Waals surface area contributed by atoms with E-state index in [0.717, 1.165) is 6.07 Å². The lowest BCUT2D eigenvalue weighted by Crippen LogP contribution is -2.07. The van der Waals surface area contributed by atoms with E-state index in [2.05, 4.69) is 0 Å². The quantitative estimate of drug-likeness (QED) is 0.769. The molecule has 0 fully saturated rings. The van der Waals surface area contributed by atoms with E-state index < -0.39 is 18.2 Å². The van der Waals surface area contributed by atoms with Crippen molar-refractivity contribution in [1.29, 1.82) is 0 Å². The average Bonchev–Trinajstić information content (AvgIpc) is 2.31. The van der Waals surface area contributed by atoms with Gasteiger partial charge < -0.3 is 19.7 Å². The van der Waals surface area contributed by atoms with E-state index in [1.54, 1.807) is 6.92 Å². The lowest BCUT2D eigenvalue weighted by atomic mass is 10.1. The van der Waals surface area contributed by atoms with Crippen LogP contribution in [-0.4, -0.2) is 36.0 Å². The van der Waals surface area contributed by atoms with Gasteiger partial charge in [0.2, 0.25) is 0 Å². The van der Waals surface area contributed by atoms with Gasteiger partial charge in [-0.15, -0.1) is 0 Å². The van der Waals surface area contributed by atoms with E-state index >= 15 is 0 Å². The van der Waals surface area contributed by atoms with Crippen molar-refractivity contribution in [3.8, 4) is 11.5 Å². The SMILES string of the molecule is CCOc1cc(CC(=O)O)c(F)cc1OCCO. The first kappa shape index (κ1) is 14.2. The van der Waals surface area contributed by atoms with Gasteiger partial charge >= 0.3 is 5.97 Å². The fourth-order valence-corrected chi connectivity index (χ4v) is 1.41. The van der Waals surface area contributed by atoms with Gasteiger partial charge in [0.25, 0.3) is 0 Å². The molecule has 0 spiro atoms. The minimum absolute atomic E-state index is 0.0117. The highest BCUT2D eigenvalue weighted by Crippen LogP contribution is 2.30. The minimum atomic E-state index is -1.12. The van der Waals surface area contributed by atoms with E-state index in [0.29, 0.717) is 6.61 Å². The summed E-state index contributed by atoms with van der Waals surface area (Å²) in [4.78, 5) is 10.6. The smallest absolute Gasteiger partial charge is 0.307 e. The van der Waals surface area contributed by atoms with Crippen molar-refractivity contribution in [1.82, 2.24) is 0 Å². The highest BCUT2D eigenvalue weighted by Gasteiger charge is 2.14. The third-order valence-corrected chi connectivity index (χ3v) is 2.10. The van der Waals surface area contributed by atoms with Crippen molar-refractivity contribution in [3.05, 3.63) is 23.5 Å². The van der Waals surface area contributed by atoms with Gasteiger partial charge in [0.05, 0.1) is 19.6 Å². The number of aliphatic carboxylic acids is 1. The number of ether oxygens (including phenoxy) is 2. The van der Waals surface area contributed by atoms with Gasteiger partial charge in [-0.1, -0.05) is 0 Å². The largest absolute Gasteiger partial charge is 0.490 e. The molecule has 1 rings (SSSR count). The highest BCUT2D eigenvalue weighted by molar-refractivity contribution is 5.70. The number of halogens is 1. The molecular weight excluding hydrogens is 243 g/mol. The Morgan fingerprint density at radius 3 is 2.56 bits per heavy atom. The topological polar surface area (TPSA) is 76.0 Å². The van der Waals surface area contributed by atoms with Crippen LogP contribution in [0.5, 0.6) is 11.5 Å². The summed E-state index contributed by atoms with van der Waals surface area (Å²) < 4.78 is 24.0. The fourth-order valence-electron chi connectivity index (χ4n) is 1.41. The number of carbonyl (C=O) groups is 1.